The summed E-state index contributed by atoms with van der Waals surface area (Å²) in [5.74, 6) is 0.709. The fourth-order valence-corrected chi connectivity index (χ4v) is 3.50. The molecule has 118 valence electrons. The third kappa shape index (κ3) is 3.26. The molecule has 0 bridgehead atoms. The van der Waals surface area contributed by atoms with Gasteiger partial charge in [0.1, 0.15) is 16.9 Å². The first-order chi connectivity index (χ1) is 10.5. The van der Waals surface area contributed by atoms with E-state index in [0.717, 1.165) is 29.5 Å². The van der Waals surface area contributed by atoms with Gasteiger partial charge in [0.2, 0.25) is 0 Å². The van der Waals surface area contributed by atoms with E-state index < -0.39 is 0 Å². The molecular formula is C15H20N4O2S. The molecule has 0 aromatic carbocycles. The number of nitrogens with one attached hydrogen (secondary N) is 1. The highest BCUT2D eigenvalue weighted by molar-refractivity contribution is 7.09. The van der Waals surface area contributed by atoms with Crippen LogP contribution in [0, 0.1) is 13.8 Å². The zero-order chi connectivity index (χ0) is 15.7. The van der Waals surface area contributed by atoms with E-state index in [1.165, 1.54) is 6.07 Å². The van der Waals surface area contributed by atoms with Crippen LogP contribution >= 0.6 is 11.3 Å². The molecule has 1 saturated heterocycles. The van der Waals surface area contributed by atoms with Crippen LogP contribution in [-0.4, -0.2) is 39.5 Å². The van der Waals surface area contributed by atoms with E-state index >= 15 is 0 Å². The fraction of sp³-hybridized carbons (Fsp3) is 0.533. The van der Waals surface area contributed by atoms with E-state index in [2.05, 4.69) is 26.8 Å². The maximum absolute atomic E-state index is 11.6. The van der Waals surface area contributed by atoms with Gasteiger partial charge in [-0.05, 0) is 20.8 Å². The Balaban J connectivity index is 1.77. The van der Waals surface area contributed by atoms with Crippen LogP contribution in [0.1, 0.15) is 41.3 Å². The molecule has 1 fully saturated rings. The van der Waals surface area contributed by atoms with E-state index in [-0.39, 0.29) is 17.7 Å². The van der Waals surface area contributed by atoms with Crippen molar-refractivity contribution in [1.82, 2.24) is 19.9 Å². The summed E-state index contributed by atoms with van der Waals surface area (Å²) in [5.41, 5.74) is 1.67. The quantitative estimate of drug-likeness (QED) is 0.936. The number of rotatable bonds is 3. The van der Waals surface area contributed by atoms with E-state index in [9.17, 15) is 4.79 Å². The Morgan fingerprint density at radius 1 is 1.41 bits per heavy atom. The minimum atomic E-state index is -0.102. The van der Waals surface area contributed by atoms with Crippen molar-refractivity contribution in [3.05, 3.63) is 44.0 Å². The van der Waals surface area contributed by atoms with Gasteiger partial charge >= 0.3 is 0 Å². The zero-order valence-electron chi connectivity index (χ0n) is 13.0. The summed E-state index contributed by atoms with van der Waals surface area (Å²) < 4.78 is 5.85. The lowest BCUT2D eigenvalue weighted by molar-refractivity contribution is -0.0443. The zero-order valence-corrected chi connectivity index (χ0v) is 13.8. The molecule has 2 aromatic heterocycles. The molecule has 1 N–H and O–H groups in total. The van der Waals surface area contributed by atoms with Crippen LogP contribution in [0.3, 0.4) is 0 Å². The number of ether oxygens (including phenoxy) is 1. The van der Waals surface area contributed by atoms with E-state index in [1.54, 1.807) is 11.3 Å². The van der Waals surface area contributed by atoms with Gasteiger partial charge in [0.25, 0.3) is 5.56 Å². The lowest BCUT2D eigenvalue weighted by Crippen LogP contribution is -2.40. The number of hydrogen-bond donors (Lipinski definition) is 1. The van der Waals surface area contributed by atoms with Crippen molar-refractivity contribution < 1.29 is 4.74 Å². The Kier molecular flexibility index (Phi) is 4.37. The van der Waals surface area contributed by atoms with Gasteiger partial charge in [-0.2, -0.15) is 0 Å². The Bertz CT molecular complexity index is 712. The monoisotopic (exact) mass is 320 g/mol. The summed E-state index contributed by atoms with van der Waals surface area (Å²) in [6.45, 7) is 8.12. The fourth-order valence-electron chi connectivity index (χ4n) is 2.66. The van der Waals surface area contributed by atoms with Crippen molar-refractivity contribution in [2.75, 3.05) is 19.7 Å². The standard InChI is InChI=1S/C15H20N4O2S/c1-9-6-13(20)18-14(16-9)11(3)19-4-5-21-12(7-19)15-17-10(2)8-22-15/h6,8,11-12H,4-5,7H2,1-3H3,(H,16,18,20). The molecule has 6 nitrogen and oxygen atoms in total. The van der Waals surface area contributed by atoms with Crippen LogP contribution in [0.4, 0.5) is 0 Å². The first-order valence-electron chi connectivity index (χ1n) is 7.38. The smallest absolute Gasteiger partial charge is 0.251 e. The highest BCUT2D eigenvalue weighted by Crippen LogP contribution is 2.28. The van der Waals surface area contributed by atoms with Gasteiger partial charge in [0, 0.05) is 35.9 Å². The summed E-state index contributed by atoms with van der Waals surface area (Å²) in [6.07, 6.45) is -0.00793. The van der Waals surface area contributed by atoms with Gasteiger partial charge in [-0.25, -0.2) is 9.97 Å². The second-order valence-electron chi connectivity index (χ2n) is 5.63. The van der Waals surface area contributed by atoms with Crippen LogP contribution in [0.5, 0.6) is 0 Å². The number of aryl methyl sites for hydroxylation is 2. The van der Waals surface area contributed by atoms with Gasteiger partial charge in [-0.15, -0.1) is 11.3 Å². The number of thiazole rings is 1. The molecule has 7 heteroatoms. The van der Waals surface area contributed by atoms with Crippen molar-refractivity contribution in [3.8, 4) is 0 Å². The number of hydrogen-bond acceptors (Lipinski definition) is 6. The molecular weight excluding hydrogens is 300 g/mol. The predicted molar refractivity (Wildman–Crippen MR) is 85.1 cm³/mol. The second kappa shape index (κ2) is 6.28. The maximum Gasteiger partial charge on any atom is 0.251 e. The largest absolute Gasteiger partial charge is 0.368 e. The maximum atomic E-state index is 11.6. The van der Waals surface area contributed by atoms with Gasteiger partial charge in [0.15, 0.2) is 0 Å². The van der Waals surface area contributed by atoms with Gasteiger partial charge in [-0.3, -0.25) is 9.69 Å². The van der Waals surface area contributed by atoms with Crippen LogP contribution in [0.2, 0.25) is 0 Å². The summed E-state index contributed by atoms with van der Waals surface area (Å²) >= 11 is 1.63. The van der Waals surface area contributed by atoms with Crippen molar-refractivity contribution in [1.29, 1.82) is 0 Å². The number of aromatic nitrogens is 3. The highest BCUT2D eigenvalue weighted by atomic mass is 32.1. The third-order valence-corrected chi connectivity index (χ3v) is 4.90. The summed E-state index contributed by atoms with van der Waals surface area (Å²) in [6, 6.07) is 1.55. The molecule has 3 rings (SSSR count). The second-order valence-corrected chi connectivity index (χ2v) is 6.52. The van der Waals surface area contributed by atoms with E-state index in [4.69, 9.17) is 4.74 Å². The normalized spacial score (nSPS) is 21.0. The summed E-state index contributed by atoms with van der Waals surface area (Å²) in [4.78, 5) is 25.7. The molecule has 2 aromatic rings. The van der Waals surface area contributed by atoms with Crippen molar-refractivity contribution >= 4 is 11.3 Å². The third-order valence-electron chi connectivity index (χ3n) is 3.84. The summed E-state index contributed by atoms with van der Waals surface area (Å²) in [7, 11) is 0. The number of morpholine rings is 1. The summed E-state index contributed by atoms with van der Waals surface area (Å²) in [5, 5.41) is 3.06. The van der Waals surface area contributed by atoms with Gasteiger partial charge in [0.05, 0.1) is 12.6 Å². The molecule has 2 unspecified atom stereocenters. The van der Waals surface area contributed by atoms with Gasteiger partial charge in [-0.1, -0.05) is 0 Å². The number of H-pyrrole nitrogens is 1. The van der Waals surface area contributed by atoms with Crippen molar-refractivity contribution in [3.63, 3.8) is 0 Å². The molecule has 1 aliphatic rings. The van der Waals surface area contributed by atoms with Crippen LogP contribution in [-0.2, 0) is 4.74 Å². The molecule has 2 atom stereocenters. The van der Waals surface area contributed by atoms with E-state index in [0.29, 0.717) is 12.4 Å². The van der Waals surface area contributed by atoms with Crippen LogP contribution in [0.15, 0.2) is 16.2 Å². The molecule has 0 spiro atoms. The lowest BCUT2D eigenvalue weighted by atomic mass is 10.2. The lowest BCUT2D eigenvalue weighted by Gasteiger charge is -2.35. The van der Waals surface area contributed by atoms with Crippen LogP contribution in [0.25, 0.3) is 0 Å². The molecule has 0 amide bonds. The SMILES string of the molecule is Cc1cc(=O)[nH]c(C(C)N2CCOC(c3nc(C)cs3)C2)n1. The molecule has 1 aliphatic heterocycles. The topological polar surface area (TPSA) is 71.1 Å². The minimum absolute atomic E-state index is 0.00793. The molecule has 0 aliphatic carbocycles. The Morgan fingerprint density at radius 3 is 2.91 bits per heavy atom. The first kappa shape index (κ1) is 15.3. The highest BCUT2D eigenvalue weighted by Gasteiger charge is 2.28. The predicted octanol–water partition coefficient (Wildman–Crippen LogP) is 1.98. The van der Waals surface area contributed by atoms with E-state index in [1.807, 2.05) is 19.2 Å². The Labute approximate surface area is 133 Å². The molecule has 0 saturated carbocycles. The Hall–Kier alpha value is -1.57. The average Bonchev–Trinajstić information content (AvgIpc) is 2.92. The minimum Gasteiger partial charge on any atom is -0.368 e. The molecule has 22 heavy (non-hydrogen) atoms. The average molecular weight is 320 g/mol. The number of aromatic amines is 1. The van der Waals surface area contributed by atoms with Gasteiger partial charge < -0.3 is 9.72 Å². The van der Waals surface area contributed by atoms with Crippen LogP contribution < -0.4 is 5.56 Å². The number of nitrogens with zero attached hydrogens (tertiary/aromatic N) is 3. The van der Waals surface area contributed by atoms with Crippen molar-refractivity contribution in [2.45, 2.75) is 32.9 Å². The molecule has 3 heterocycles. The van der Waals surface area contributed by atoms with Crippen molar-refractivity contribution in [2.24, 2.45) is 0 Å². The molecule has 0 radical (unpaired) electrons. The Morgan fingerprint density at radius 2 is 2.23 bits per heavy atom. The first-order valence-corrected chi connectivity index (χ1v) is 8.26.